The van der Waals surface area contributed by atoms with Gasteiger partial charge in [-0.25, -0.2) is 9.97 Å². The van der Waals surface area contributed by atoms with Gasteiger partial charge in [-0.3, -0.25) is 4.90 Å². The summed E-state index contributed by atoms with van der Waals surface area (Å²) in [6.45, 7) is 4.66. The summed E-state index contributed by atoms with van der Waals surface area (Å²) in [5, 5.41) is 0. The topological polar surface area (TPSA) is 32.3 Å². The van der Waals surface area contributed by atoms with Gasteiger partial charge < -0.3 is 4.90 Å². The monoisotopic (exact) mass is 322 g/mol. The molecule has 1 saturated carbocycles. The standard InChI is InChI=1S/C20H26N4/c1-16(17-5-3-2-4-6-17)23-13-10-19(11-14-23)24(18-7-8-18)20-9-12-21-15-22-20/h2-6,9,12,15-16,18-19H,7-8,10-11,13-14H2,1H3. The lowest BCUT2D eigenvalue weighted by Gasteiger charge is -2.41. The average Bonchev–Trinajstić information content (AvgIpc) is 3.49. The van der Waals surface area contributed by atoms with Crippen LogP contribution in [0.1, 0.15) is 44.2 Å². The SMILES string of the molecule is CC(c1ccccc1)N1CCC(N(c2ccncn2)C2CC2)CC1. The van der Waals surface area contributed by atoms with Crippen LogP contribution in [0.5, 0.6) is 0 Å². The molecule has 1 aliphatic heterocycles. The van der Waals surface area contributed by atoms with Crippen molar-refractivity contribution in [2.45, 2.75) is 50.7 Å². The zero-order valence-electron chi connectivity index (χ0n) is 14.4. The molecular formula is C20H26N4. The molecule has 126 valence electrons. The van der Waals surface area contributed by atoms with E-state index in [0.717, 1.165) is 18.9 Å². The third-order valence-corrected chi connectivity index (χ3v) is 5.49. The Hall–Kier alpha value is -1.94. The number of rotatable bonds is 5. The molecule has 1 unspecified atom stereocenters. The number of hydrogen-bond acceptors (Lipinski definition) is 4. The molecular weight excluding hydrogens is 296 g/mol. The van der Waals surface area contributed by atoms with Gasteiger partial charge in [-0.15, -0.1) is 0 Å². The third-order valence-electron chi connectivity index (χ3n) is 5.49. The molecule has 0 radical (unpaired) electrons. The van der Waals surface area contributed by atoms with Crippen molar-refractivity contribution in [2.24, 2.45) is 0 Å². The molecule has 0 N–H and O–H groups in total. The highest BCUT2D eigenvalue weighted by molar-refractivity contribution is 5.41. The van der Waals surface area contributed by atoms with Crippen molar-refractivity contribution in [1.82, 2.24) is 14.9 Å². The minimum Gasteiger partial charge on any atom is -0.350 e. The van der Waals surface area contributed by atoms with Gasteiger partial charge in [0, 0.05) is 37.4 Å². The fraction of sp³-hybridized carbons (Fsp3) is 0.500. The van der Waals surface area contributed by atoms with Crippen LogP contribution in [0.25, 0.3) is 0 Å². The molecule has 2 aromatic rings. The highest BCUT2D eigenvalue weighted by Crippen LogP contribution is 2.36. The first kappa shape index (κ1) is 15.6. The van der Waals surface area contributed by atoms with Crippen molar-refractivity contribution in [2.75, 3.05) is 18.0 Å². The van der Waals surface area contributed by atoms with Crippen molar-refractivity contribution < 1.29 is 0 Å². The van der Waals surface area contributed by atoms with Crippen LogP contribution in [0.3, 0.4) is 0 Å². The highest BCUT2D eigenvalue weighted by Gasteiger charge is 2.36. The predicted octanol–water partition coefficient (Wildman–Crippen LogP) is 3.67. The van der Waals surface area contributed by atoms with E-state index in [-0.39, 0.29) is 0 Å². The Labute approximate surface area is 144 Å². The van der Waals surface area contributed by atoms with Crippen LogP contribution in [0.2, 0.25) is 0 Å². The van der Waals surface area contributed by atoms with E-state index in [9.17, 15) is 0 Å². The van der Waals surface area contributed by atoms with Crippen LogP contribution in [0, 0.1) is 0 Å². The van der Waals surface area contributed by atoms with Crippen molar-refractivity contribution >= 4 is 5.82 Å². The fourth-order valence-corrected chi connectivity index (χ4v) is 3.96. The zero-order valence-corrected chi connectivity index (χ0v) is 14.4. The zero-order chi connectivity index (χ0) is 16.4. The molecule has 0 spiro atoms. The maximum Gasteiger partial charge on any atom is 0.132 e. The van der Waals surface area contributed by atoms with E-state index in [2.05, 4.69) is 63.1 Å². The van der Waals surface area contributed by atoms with Gasteiger partial charge in [0.1, 0.15) is 12.1 Å². The molecule has 1 aromatic carbocycles. The summed E-state index contributed by atoms with van der Waals surface area (Å²) in [6.07, 6.45) is 8.60. The lowest BCUT2D eigenvalue weighted by atomic mass is 9.99. The van der Waals surface area contributed by atoms with Gasteiger partial charge in [0.05, 0.1) is 0 Å². The number of piperidine rings is 1. The summed E-state index contributed by atoms with van der Waals surface area (Å²) >= 11 is 0. The van der Waals surface area contributed by atoms with Crippen molar-refractivity contribution in [3.05, 3.63) is 54.5 Å². The van der Waals surface area contributed by atoms with E-state index in [0.29, 0.717) is 18.1 Å². The van der Waals surface area contributed by atoms with E-state index in [1.54, 1.807) is 6.33 Å². The molecule has 1 aliphatic carbocycles. The van der Waals surface area contributed by atoms with Gasteiger partial charge in [0.2, 0.25) is 0 Å². The molecule has 1 atom stereocenters. The second-order valence-corrected chi connectivity index (χ2v) is 7.06. The van der Waals surface area contributed by atoms with Gasteiger partial charge in [0.15, 0.2) is 0 Å². The summed E-state index contributed by atoms with van der Waals surface area (Å²) in [5.41, 5.74) is 1.42. The van der Waals surface area contributed by atoms with Gasteiger partial charge >= 0.3 is 0 Å². The average molecular weight is 322 g/mol. The maximum atomic E-state index is 4.52. The highest BCUT2D eigenvalue weighted by atomic mass is 15.3. The second kappa shape index (κ2) is 6.89. The largest absolute Gasteiger partial charge is 0.350 e. The minimum atomic E-state index is 0.501. The number of likely N-dealkylation sites (tertiary alicyclic amines) is 1. The fourth-order valence-electron chi connectivity index (χ4n) is 3.96. The van der Waals surface area contributed by atoms with Crippen molar-refractivity contribution in [3.8, 4) is 0 Å². The smallest absolute Gasteiger partial charge is 0.132 e. The third kappa shape index (κ3) is 3.29. The molecule has 1 aromatic heterocycles. The Kier molecular flexibility index (Phi) is 4.48. The molecule has 2 heterocycles. The lowest BCUT2D eigenvalue weighted by Crippen LogP contribution is -2.47. The van der Waals surface area contributed by atoms with Gasteiger partial charge in [0.25, 0.3) is 0 Å². The molecule has 4 heteroatoms. The summed E-state index contributed by atoms with van der Waals surface area (Å²) in [7, 11) is 0. The number of nitrogens with zero attached hydrogens (tertiary/aromatic N) is 4. The van der Waals surface area contributed by atoms with E-state index in [1.807, 2.05) is 6.20 Å². The van der Waals surface area contributed by atoms with E-state index >= 15 is 0 Å². The Morgan fingerprint density at radius 3 is 2.33 bits per heavy atom. The first-order chi connectivity index (χ1) is 11.8. The summed E-state index contributed by atoms with van der Waals surface area (Å²) < 4.78 is 0. The number of anilines is 1. The summed E-state index contributed by atoms with van der Waals surface area (Å²) in [4.78, 5) is 13.8. The quantitative estimate of drug-likeness (QED) is 0.841. The van der Waals surface area contributed by atoms with Gasteiger partial charge in [-0.05, 0) is 44.2 Å². The number of hydrogen-bond donors (Lipinski definition) is 0. The molecule has 4 nitrogen and oxygen atoms in total. The van der Waals surface area contributed by atoms with Crippen LogP contribution in [0.15, 0.2) is 48.9 Å². The van der Waals surface area contributed by atoms with Gasteiger partial charge in [-0.2, -0.15) is 0 Å². The van der Waals surface area contributed by atoms with Crippen LogP contribution in [0.4, 0.5) is 5.82 Å². The van der Waals surface area contributed by atoms with Crippen LogP contribution < -0.4 is 4.90 Å². The second-order valence-electron chi connectivity index (χ2n) is 7.06. The Morgan fingerprint density at radius 2 is 1.71 bits per heavy atom. The van der Waals surface area contributed by atoms with E-state index < -0.39 is 0 Å². The molecule has 1 saturated heterocycles. The molecule has 2 fully saturated rings. The van der Waals surface area contributed by atoms with Crippen LogP contribution in [-0.4, -0.2) is 40.0 Å². The molecule has 4 rings (SSSR count). The maximum absolute atomic E-state index is 4.52. The first-order valence-corrected chi connectivity index (χ1v) is 9.16. The Balaban J connectivity index is 1.42. The number of aromatic nitrogens is 2. The Morgan fingerprint density at radius 1 is 1.00 bits per heavy atom. The van der Waals surface area contributed by atoms with E-state index in [4.69, 9.17) is 0 Å². The summed E-state index contributed by atoms with van der Waals surface area (Å²) in [6, 6.07) is 14.7. The predicted molar refractivity (Wildman–Crippen MR) is 97.0 cm³/mol. The van der Waals surface area contributed by atoms with Crippen LogP contribution >= 0.6 is 0 Å². The minimum absolute atomic E-state index is 0.501. The van der Waals surface area contributed by atoms with Crippen molar-refractivity contribution in [3.63, 3.8) is 0 Å². The number of benzene rings is 1. The molecule has 0 amide bonds. The molecule has 2 aliphatic rings. The normalized spacial score (nSPS) is 20.7. The van der Waals surface area contributed by atoms with E-state index in [1.165, 1.54) is 31.2 Å². The Bertz CT molecular complexity index is 633. The molecule has 24 heavy (non-hydrogen) atoms. The van der Waals surface area contributed by atoms with Gasteiger partial charge in [-0.1, -0.05) is 30.3 Å². The van der Waals surface area contributed by atoms with Crippen LogP contribution in [-0.2, 0) is 0 Å². The van der Waals surface area contributed by atoms with Crippen molar-refractivity contribution in [1.29, 1.82) is 0 Å². The molecule has 0 bridgehead atoms. The lowest BCUT2D eigenvalue weighted by molar-refractivity contribution is 0.160. The first-order valence-electron chi connectivity index (χ1n) is 9.16. The summed E-state index contributed by atoms with van der Waals surface area (Å²) in [5.74, 6) is 1.11.